The van der Waals surface area contributed by atoms with Crippen LogP contribution >= 0.6 is 11.6 Å². The minimum Gasteiger partial charge on any atom is -0.314 e. The molecule has 19 heavy (non-hydrogen) atoms. The third kappa shape index (κ3) is 3.96. The SMILES string of the molecule is CCC(CC)(CNC(C)C)Cc1c(C)nn(C)c1Cl. The molecule has 0 amide bonds. The van der Waals surface area contributed by atoms with E-state index in [1.54, 1.807) is 4.68 Å². The maximum atomic E-state index is 6.38. The predicted molar refractivity (Wildman–Crippen MR) is 82.8 cm³/mol. The summed E-state index contributed by atoms with van der Waals surface area (Å²) in [5, 5.41) is 8.79. The zero-order valence-corrected chi connectivity index (χ0v) is 13.9. The lowest BCUT2D eigenvalue weighted by molar-refractivity contribution is 0.239. The van der Waals surface area contributed by atoms with E-state index in [4.69, 9.17) is 11.6 Å². The summed E-state index contributed by atoms with van der Waals surface area (Å²) in [5.41, 5.74) is 2.53. The normalized spacial score (nSPS) is 12.4. The van der Waals surface area contributed by atoms with Gasteiger partial charge in [0, 0.05) is 25.2 Å². The van der Waals surface area contributed by atoms with Crippen LogP contribution < -0.4 is 5.32 Å². The van der Waals surface area contributed by atoms with Crippen molar-refractivity contribution in [2.24, 2.45) is 12.5 Å². The van der Waals surface area contributed by atoms with Crippen molar-refractivity contribution >= 4 is 11.6 Å². The van der Waals surface area contributed by atoms with E-state index in [0.29, 0.717) is 6.04 Å². The molecular weight excluding hydrogens is 258 g/mol. The molecule has 0 aliphatic heterocycles. The van der Waals surface area contributed by atoms with Crippen LogP contribution in [0.15, 0.2) is 0 Å². The Morgan fingerprint density at radius 1 is 1.32 bits per heavy atom. The van der Waals surface area contributed by atoms with Gasteiger partial charge in [0.25, 0.3) is 0 Å². The maximum Gasteiger partial charge on any atom is 0.130 e. The standard InChI is InChI=1S/C15H28ClN3/c1-7-15(8-2,10-17-11(3)4)9-13-12(5)18-19(6)14(13)16/h11,17H,7-10H2,1-6H3. The van der Waals surface area contributed by atoms with Gasteiger partial charge in [0.05, 0.1) is 5.69 Å². The van der Waals surface area contributed by atoms with E-state index in [1.165, 1.54) is 5.56 Å². The fourth-order valence-corrected chi connectivity index (χ4v) is 2.72. The highest BCUT2D eigenvalue weighted by atomic mass is 35.5. The first-order valence-electron chi connectivity index (χ1n) is 7.26. The van der Waals surface area contributed by atoms with Crippen molar-refractivity contribution in [1.82, 2.24) is 15.1 Å². The van der Waals surface area contributed by atoms with E-state index in [-0.39, 0.29) is 5.41 Å². The van der Waals surface area contributed by atoms with Gasteiger partial charge in [-0.2, -0.15) is 5.10 Å². The van der Waals surface area contributed by atoms with Crippen molar-refractivity contribution in [1.29, 1.82) is 0 Å². The largest absolute Gasteiger partial charge is 0.314 e. The quantitative estimate of drug-likeness (QED) is 0.827. The van der Waals surface area contributed by atoms with Crippen LogP contribution in [0.5, 0.6) is 0 Å². The molecule has 0 aliphatic rings. The van der Waals surface area contributed by atoms with Gasteiger partial charge in [0.1, 0.15) is 5.15 Å². The summed E-state index contributed by atoms with van der Waals surface area (Å²) in [6.07, 6.45) is 3.29. The summed E-state index contributed by atoms with van der Waals surface area (Å²) in [6.45, 7) is 12.0. The van der Waals surface area contributed by atoms with Gasteiger partial charge in [-0.05, 0) is 31.6 Å². The molecule has 0 aliphatic carbocycles. The van der Waals surface area contributed by atoms with Gasteiger partial charge in [0.15, 0.2) is 0 Å². The van der Waals surface area contributed by atoms with Crippen molar-refractivity contribution in [3.8, 4) is 0 Å². The van der Waals surface area contributed by atoms with Crippen LogP contribution in [0, 0.1) is 12.3 Å². The molecule has 0 saturated heterocycles. The van der Waals surface area contributed by atoms with Gasteiger partial charge in [-0.3, -0.25) is 4.68 Å². The summed E-state index contributed by atoms with van der Waals surface area (Å²) >= 11 is 6.38. The lowest BCUT2D eigenvalue weighted by atomic mass is 9.76. The maximum absolute atomic E-state index is 6.38. The van der Waals surface area contributed by atoms with Crippen molar-refractivity contribution in [2.45, 2.75) is 59.9 Å². The summed E-state index contributed by atoms with van der Waals surface area (Å²) in [7, 11) is 1.91. The molecule has 0 saturated carbocycles. The second-order valence-corrected chi connectivity index (χ2v) is 6.26. The van der Waals surface area contributed by atoms with Gasteiger partial charge in [0.2, 0.25) is 0 Å². The molecule has 0 bridgehead atoms. The number of hydrogen-bond acceptors (Lipinski definition) is 2. The third-order valence-electron chi connectivity index (χ3n) is 4.21. The zero-order chi connectivity index (χ0) is 14.6. The summed E-state index contributed by atoms with van der Waals surface area (Å²) in [5.74, 6) is 0. The highest BCUT2D eigenvalue weighted by Gasteiger charge is 2.29. The third-order valence-corrected chi connectivity index (χ3v) is 4.68. The fraction of sp³-hybridized carbons (Fsp3) is 0.800. The van der Waals surface area contributed by atoms with Crippen molar-refractivity contribution < 1.29 is 0 Å². The molecule has 0 atom stereocenters. The highest BCUT2D eigenvalue weighted by Crippen LogP contribution is 2.34. The minimum atomic E-state index is 0.266. The second kappa shape index (κ2) is 6.76. The van der Waals surface area contributed by atoms with Gasteiger partial charge >= 0.3 is 0 Å². The van der Waals surface area contributed by atoms with Crippen LogP contribution in [-0.4, -0.2) is 22.4 Å². The van der Waals surface area contributed by atoms with E-state index < -0.39 is 0 Å². The smallest absolute Gasteiger partial charge is 0.130 e. The van der Waals surface area contributed by atoms with Gasteiger partial charge in [-0.25, -0.2) is 0 Å². The molecule has 0 spiro atoms. The Bertz CT molecular complexity index is 406. The number of aryl methyl sites for hydroxylation is 2. The van der Waals surface area contributed by atoms with Gasteiger partial charge < -0.3 is 5.32 Å². The lowest BCUT2D eigenvalue weighted by Crippen LogP contribution is -2.38. The Labute approximate surface area is 122 Å². The molecule has 1 aromatic rings. The van der Waals surface area contributed by atoms with Crippen molar-refractivity contribution in [2.75, 3.05) is 6.54 Å². The van der Waals surface area contributed by atoms with Crippen molar-refractivity contribution in [3.05, 3.63) is 16.4 Å². The Kier molecular flexibility index (Phi) is 5.87. The van der Waals surface area contributed by atoms with E-state index in [0.717, 1.165) is 36.7 Å². The average molecular weight is 286 g/mol. The van der Waals surface area contributed by atoms with E-state index in [2.05, 4.69) is 38.1 Å². The number of aromatic nitrogens is 2. The van der Waals surface area contributed by atoms with Crippen LogP contribution in [0.2, 0.25) is 5.15 Å². The molecule has 3 nitrogen and oxygen atoms in total. The van der Waals surface area contributed by atoms with E-state index >= 15 is 0 Å². The Hall–Kier alpha value is -0.540. The van der Waals surface area contributed by atoms with Gasteiger partial charge in [-0.1, -0.05) is 39.3 Å². The summed E-state index contributed by atoms with van der Waals surface area (Å²) in [6, 6.07) is 0.517. The molecular formula is C15H28ClN3. The molecule has 1 heterocycles. The highest BCUT2D eigenvalue weighted by molar-refractivity contribution is 6.30. The Morgan fingerprint density at radius 2 is 1.89 bits per heavy atom. The molecule has 110 valence electrons. The van der Waals surface area contributed by atoms with Crippen LogP contribution in [0.1, 0.15) is 51.8 Å². The lowest BCUT2D eigenvalue weighted by Gasteiger charge is -2.33. The summed E-state index contributed by atoms with van der Waals surface area (Å²) < 4.78 is 1.78. The summed E-state index contributed by atoms with van der Waals surface area (Å²) in [4.78, 5) is 0. The number of nitrogens with one attached hydrogen (secondary N) is 1. The van der Waals surface area contributed by atoms with Crippen molar-refractivity contribution in [3.63, 3.8) is 0 Å². The van der Waals surface area contributed by atoms with E-state index in [1.807, 2.05) is 14.0 Å². The molecule has 4 heteroatoms. The number of hydrogen-bond donors (Lipinski definition) is 1. The molecule has 1 rings (SSSR count). The molecule has 1 aromatic heterocycles. The monoisotopic (exact) mass is 285 g/mol. The molecule has 1 N–H and O–H groups in total. The minimum absolute atomic E-state index is 0.266. The molecule has 0 fully saturated rings. The van der Waals surface area contributed by atoms with Crippen LogP contribution in [0.25, 0.3) is 0 Å². The Morgan fingerprint density at radius 3 is 2.26 bits per heavy atom. The predicted octanol–water partition coefficient (Wildman–Crippen LogP) is 3.73. The van der Waals surface area contributed by atoms with Crippen LogP contribution in [-0.2, 0) is 13.5 Å². The van der Waals surface area contributed by atoms with Crippen LogP contribution in [0.4, 0.5) is 0 Å². The first-order valence-corrected chi connectivity index (χ1v) is 7.64. The topological polar surface area (TPSA) is 29.9 Å². The Balaban J connectivity index is 2.94. The average Bonchev–Trinajstić information content (AvgIpc) is 2.60. The first kappa shape index (κ1) is 16.5. The number of halogens is 1. The number of rotatable bonds is 7. The fourth-order valence-electron chi connectivity index (χ4n) is 2.48. The number of nitrogens with zero attached hydrogens (tertiary/aromatic N) is 2. The van der Waals surface area contributed by atoms with Gasteiger partial charge in [-0.15, -0.1) is 0 Å². The first-order chi connectivity index (χ1) is 8.85. The van der Waals surface area contributed by atoms with Crippen LogP contribution in [0.3, 0.4) is 0 Å². The molecule has 0 unspecified atom stereocenters. The zero-order valence-electron chi connectivity index (χ0n) is 13.2. The molecule has 0 radical (unpaired) electrons. The van der Waals surface area contributed by atoms with E-state index in [9.17, 15) is 0 Å². The second-order valence-electron chi connectivity index (χ2n) is 5.90. The molecule has 0 aromatic carbocycles.